The quantitative estimate of drug-likeness (QED) is 0.788. The standard InChI is InChI=1S/C13H17BrO2/c1-15-11-4-3-5-12(16-2)13(11)9-6-7-10(14)8-9/h3-5,9-10H,6-8H2,1-2H3. The molecule has 2 nitrogen and oxygen atoms in total. The molecule has 1 saturated carbocycles. The van der Waals surface area contributed by atoms with Gasteiger partial charge in [0.15, 0.2) is 0 Å². The molecule has 1 aliphatic rings. The van der Waals surface area contributed by atoms with Crippen LogP contribution in [0.5, 0.6) is 11.5 Å². The fraction of sp³-hybridized carbons (Fsp3) is 0.538. The molecule has 0 spiro atoms. The first-order valence-electron chi connectivity index (χ1n) is 5.61. The Morgan fingerprint density at radius 1 is 1.12 bits per heavy atom. The van der Waals surface area contributed by atoms with E-state index in [9.17, 15) is 0 Å². The third kappa shape index (κ3) is 2.19. The summed E-state index contributed by atoms with van der Waals surface area (Å²) in [6.45, 7) is 0. The maximum Gasteiger partial charge on any atom is 0.126 e. The zero-order valence-corrected chi connectivity index (χ0v) is 11.3. The van der Waals surface area contributed by atoms with Crippen molar-refractivity contribution < 1.29 is 9.47 Å². The third-order valence-corrected chi connectivity index (χ3v) is 4.07. The molecule has 2 rings (SSSR count). The molecular formula is C13H17BrO2. The molecule has 16 heavy (non-hydrogen) atoms. The third-order valence-electron chi connectivity index (χ3n) is 3.24. The molecule has 1 aromatic rings. The van der Waals surface area contributed by atoms with Gasteiger partial charge in [-0.25, -0.2) is 0 Å². The molecule has 1 aliphatic carbocycles. The average Bonchev–Trinajstić information content (AvgIpc) is 2.74. The lowest BCUT2D eigenvalue weighted by Crippen LogP contribution is -2.01. The predicted molar refractivity (Wildman–Crippen MR) is 68.9 cm³/mol. The fourth-order valence-corrected chi connectivity index (χ4v) is 3.19. The minimum atomic E-state index is 0.551. The monoisotopic (exact) mass is 284 g/mol. The zero-order valence-electron chi connectivity index (χ0n) is 9.70. The van der Waals surface area contributed by atoms with Crippen LogP contribution in [0.2, 0.25) is 0 Å². The zero-order chi connectivity index (χ0) is 11.5. The van der Waals surface area contributed by atoms with Crippen molar-refractivity contribution in [3.05, 3.63) is 23.8 Å². The lowest BCUT2D eigenvalue weighted by molar-refractivity contribution is 0.379. The summed E-state index contributed by atoms with van der Waals surface area (Å²) in [5.41, 5.74) is 1.23. The van der Waals surface area contributed by atoms with Gasteiger partial charge in [-0.15, -0.1) is 0 Å². The summed E-state index contributed by atoms with van der Waals surface area (Å²) in [6, 6.07) is 6.00. The minimum Gasteiger partial charge on any atom is -0.496 e. The molecule has 0 radical (unpaired) electrons. The number of hydrogen-bond acceptors (Lipinski definition) is 2. The molecule has 0 bridgehead atoms. The summed E-state index contributed by atoms with van der Waals surface area (Å²) in [4.78, 5) is 0.632. The van der Waals surface area contributed by atoms with Gasteiger partial charge in [-0.05, 0) is 37.3 Å². The summed E-state index contributed by atoms with van der Waals surface area (Å²) in [5, 5.41) is 0. The van der Waals surface area contributed by atoms with Crippen LogP contribution in [0.25, 0.3) is 0 Å². The van der Waals surface area contributed by atoms with Crippen molar-refractivity contribution in [2.24, 2.45) is 0 Å². The SMILES string of the molecule is COc1cccc(OC)c1C1CCC(Br)C1. The van der Waals surface area contributed by atoms with Gasteiger partial charge in [0.25, 0.3) is 0 Å². The van der Waals surface area contributed by atoms with Gasteiger partial charge in [-0.3, -0.25) is 0 Å². The molecule has 0 aliphatic heterocycles. The molecule has 1 fully saturated rings. The van der Waals surface area contributed by atoms with Crippen LogP contribution in [-0.4, -0.2) is 19.0 Å². The van der Waals surface area contributed by atoms with E-state index in [-0.39, 0.29) is 0 Å². The summed E-state index contributed by atoms with van der Waals surface area (Å²) in [7, 11) is 3.44. The number of ether oxygens (including phenoxy) is 2. The van der Waals surface area contributed by atoms with E-state index < -0.39 is 0 Å². The Hall–Kier alpha value is -0.700. The van der Waals surface area contributed by atoms with Gasteiger partial charge in [0, 0.05) is 10.4 Å². The van der Waals surface area contributed by atoms with Crippen molar-refractivity contribution in [2.45, 2.75) is 30.0 Å². The van der Waals surface area contributed by atoms with Crippen LogP contribution in [0.15, 0.2) is 18.2 Å². The molecule has 2 unspecified atom stereocenters. The van der Waals surface area contributed by atoms with E-state index in [2.05, 4.69) is 15.9 Å². The molecule has 0 amide bonds. The highest BCUT2D eigenvalue weighted by molar-refractivity contribution is 9.09. The molecule has 0 N–H and O–H groups in total. The Balaban J connectivity index is 2.36. The normalized spacial score (nSPS) is 24.4. The van der Waals surface area contributed by atoms with Gasteiger partial charge < -0.3 is 9.47 Å². The topological polar surface area (TPSA) is 18.5 Å². The second-order valence-electron chi connectivity index (χ2n) is 4.18. The van der Waals surface area contributed by atoms with Crippen molar-refractivity contribution in [1.82, 2.24) is 0 Å². The number of alkyl halides is 1. The van der Waals surface area contributed by atoms with E-state index in [0.29, 0.717) is 10.7 Å². The minimum absolute atomic E-state index is 0.551. The number of methoxy groups -OCH3 is 2. The van der Waals surface area contributed by atoms with Crippen LogP contribution in [0, 0.1) is 0 Å². The molecule has 0 aromatic heterocycles. The number of benzene rings is 1. The van der Waals surface area contributed by atoms with Crippen LogP contribution in [0.3, 0.4) is 0 Å². The Morgan fingerprint density at radius 3 is 2.19 bits per heavy atom. The van der Waals surface area contributed by atoms with Crippen LogP contribution >= 0.6 is 15.9 Å². The highest BCUT2D eigenvalue weighted by Crippen LogP contribution is 2.45. The van der Waals surface area contributed by atoms with Gasteiger partial charge in [-0.1, -0.05) is 22.0 Å². The Kier molecular flexibility index (Phi) is 3.74. The highest BCUT2D eigenvalue weighted by Gasteiger charge is 2.28. The van der Waals surface area contributed by atoms with Crippen LogP contribution < -0.4 is 9.47 Å². The van der Waals surface area contributed by atoms with E-state index in [0.717, 1.165) is 17.9 Å². The van der Waals surface area contributed by atoms with E-state index in [1.54, 1.807) is 14.2 Å². The van der Waals surface area contributed by atoms with Gasteiger partial charge in [0.2, 0.25) is 0 Å². The van der Waals surface area contributed by atoms with E-state index in [4.69, 9.17) is 9.47 Å². The van der Waals surface area contributed by atoms with Gasteiger partial charge in [0.1, 0.15) is 11.5 Å². The smallest absolute Gasteiger partial charge is 0.126 e. The molecule has 0 heterocycles. The highest BCUT2D eigenvalue weighted by atomic mass is 79.9. The predicted octanol–water partition coefficient (Wildman–Crippen LogP) is 3.73. The molecule has 3 heteroatoms. The second-order valence-corrected chi connectivity index (χ2v) is 5.48. The van der Waals surface area contributed by atoms with Crippen molar-refractivity contribution in [1.29, 1.82) is 0 Å². The molecule has 2 atom stereocenters. The fourth-order valence-electron chi connectivity index (χ4n) is 2.47. The molecule has 1 aromatic carbocycles. The van der Waals surface area contributed by atoms with E-state index in [1.165, 1.54) is 18.4 Å². The largest absolute Gasteiger partial charge is 0.496 e. The number of halogens is 1. The Bertz CT molecular complexity index is 343. The first-order valence-corrected chi connectivity index (χ1v) is 6.52. The van der Waals surface area contributed by atoms with Gasteiger partial charge in [-0.2, -0.15) is 0 Å². The summed E-state index contributed by atoms with van der Waals surface area (Å²) in [6.07, 6.45) is 3.59. The van der Waals surface area contributed by atoms with Gasteiger partial charge >= 0.3 is 0 Å². The lowest BCUT2D eigenvalue weighted by atomic mass is 9.95. The number of rotatable bonds is 3. The van der Waals surface area contributed by atoms with Crippen molar-refractivity contribution in [3.63, 3.8) is 0 Å². The van der Waals surface area contributed by atoms with Crippen molar-refractivity contribution in [2.75, 3.05) is 14.2 Å². The Morgan fingerprint density at radius 2 is 1.75 bits per heavy atom. The van der Waals surface area contributed by atoms with E-state index >= 15 is 0 Å². The van der Waals surface area contributed by atoms with Gasteiger partial charge in [0.05, 0.1) is 14.2 Å². The second kappa shape index (κ2) is 5.09. The molecule has 88 valence electrons. The molecule has 0 saturated heterocycles. The summed E-state index contributed by atoms with van der Waals surface area (Å²) < 4.78 is 10.9. The summed E-state index contributed by atoms with van der Waals surface area (Å²) >= 11 is 3.69. The maximum absolute atomic E-state index is 5.44. The first kappa shape index (κ1) is 11.8. The lowest BCUT2D eigenvalue weighted by Gasteiger charge is -2.18. The van der Waals surface area contributed by atoms with Crippen LogP contribution in [-0.2, 0) is 0 Å². The first-order chi connectivity index (χ1) is 7.76. The average molecular weight is 285 g/mol. The maximum atomic E-state index is 5.44. The van der Waals surface area contributed by atoms with Crippen LogP contribution in [0.4, 0.5) is 0 Å². The van der Waals surface area contributed by atoms with E-state index in [1.807, 2.05) is 18.2 Å². The summed E-state index contributed by atoms with van der Waals surface area (Å²) in [5.74, 6) is 2.45. The van der Waals surface area contributed by atoms with Crippen molar-refractivity contribution in [3.8, 4) is 11.5 Å². The number of hydrogen-bond donors (Lipinski definition) is 0. The molecular weight excluding hydrogens is 268 g/mol. The van der Waals surface area contributed by atoms with Crippen molar-refractivity contribution >= 4 is 15.9 Å². The van der Waals surface area contributed by atoms with Crippen LogP contribution in [0.1, 0.15) is 30.7 Å². The Labute approximate surface area is 105 Å².